The van der Waals surface area contributed by atoms with E-state index in [4.69, 9.17) is 11.6 Å². The van der Waals surface area contributed by atoms with Gasteiger partial charge in [-0.1, -0.05) is 54.1 Å². The summed E-state index contributed by atoms with van der Waals surface area (Å²) in [5.41, 5.74) is 4.39. The van der Waals surface area contributed by atoms with Gasteiger partial charge in [-0.25, -0.2) is 9.97 Å². The summed E-state index contributed by atoms with van der Waals surface area (Å²) in [6.07, 6.45) is 1.52. The minimum absolute atomic E-state index is 0.210. The van der Waals surface area contributed by atoms with Crippen molar-refractivity contribution in [1.82, 2.24) is 9.97 Å². The van der Waals surface area contributed by atoms with E-state index in [2.05, 4.69) is 15.3 Å². The van der Waals surface area contributed by atoms with E-state index in [0.717, 1.165) is 27.7 Å². The fourth-order valence-corrected chi connectivity index (χ4v) is 3.21. The highest BCUT2D eigenvalue weighted by Crippen LogP contribution is 2.29. The maximum Gasteiger partial charge on any atom is 0.256 e. The maximum atomic E-state index is 13.0. The fraction of sp³-hybridized carbons (Fsp3) is 0.0455. The third-order valence-electron chi connectivity index (χ3n) is 4.49. The van der Waals surface area contributed by atoms with Gasteiger partial charge in [-0.3, -0.25) is 4.79 Å². The molecule has 0 aliphatic heterocycles. The molecule has 1 heterocycles. The number of amides is 1. The number of carbonyl (C=O) groups excluding carboxylic acids is 1. The predicted octanol–water partition coefficient (Wildman–Crippen LogP) is 5.51. The quantitative estimate of drug-likeness (QED) is 0.515. The molecular weight excluding hydrogens is 358 g/mol. The van der Waals surface area contributed by atoms with Gasteiger partial charge in [-0.15, -0.1) is 0 Å². The number of anilines is 1. The van der Waals surface area contributed by atoms with Gasteiger partial charge in [0.2, 0.25) is 0 Å². The van der Waals surface area contributed by atoms with E-state index in [0.29, 0.717) is 16.3 Å². The normalized spacial score (nSPS) is 10.7. The van der Waals surface area contributed by atoms with Crippen LogP contribution < -0.4 is 5.32 Å². The van der Waals surface area contributed by atoms with E-state index in [1.807, 2.05) is 61.5 Å². The summed E-state index contributed by atoms with van der Waals surface area (Å²) < 4.78 is 0. The van der Waals surface area contributed by atoms with Crippen molar-refractivity contribution in [2.24, 2.45) is 0 Å². The first-order valence-electron chi connectivity index (χ1n) is 8.51. The molecule has 1 aromatic heterocycles. The summed E-state index contributed by atoms with van der Waals surface area (Å²) in [5, 5.41) is 4.47. The van der Waals surface area contributed by atoms with Crippen molar-refractivity contribution in [2.45, 2.75) is 6.92 Å². The molecular formula is C22H16ClN3O. The molecule has 0 spiro atoms. The van der Waals surface area contributed by atoms with Crippen molar-refractivity contribution < 1.29 is 4.79 Å². The molecule has 0 fully saturated rings. The number of halogens is 1. The number of hydrogen-bond donors (Lipinski definition) is 1. The lowest BCUT2D eigenvalue weighted by atomic mass is 10.00. The molecule has 0 atom stereocenters. The average molecular weight is 374 g/mol. The van der Waals surface area contributed by atoms with E-state index < -0.39 is 0 Å². The lowest BCUT2D eigenvalue weighted by Gasteiger charge is -2.13. The summed E-state index contributed by atoms with van der Waals surface area (Å²) >= 11 is 6.17. The Morgan fingerprint density at radius 2 is 1.70 bits per heavy atom. The Morgan fingerprint density at radius 3 is 2.59 bits per heavy atom. The second-order valence-corrected chi connectivity index (χ2v) is 6.56. The number of para-hydroxylation sites is 1. The van der Waals surface area contributed by atoms with Gasteiger partial charge in [-0.2, -0.15) is 0 Å². The van der Waals surface area contributed by atoms with Crippen LogP contribution in [0.3, 0.4) is 0 Å². The van der Waals surface area contributed by atoms with Gasteiger partial charge >= 0.3 is 0 Å². The van der Waals surface area contributed by atoms with Crippen LogP contribution in [0.4, 0.5) is 5.69 Å². The monoisotopic (exact) mass is 373 g/mol. The Kier molecular flexibility index (Phi) is 4.57. The van der Waals surface area contributed by atoms with Crippen molar-refractivity contribution in [1.29, 1.82) is 0 Å². The van der Waals surface area contributed by atoms with Crippen molar-refractivity contribution in [3.8, 4) is 11.3 Å². The molecule has 0 bridgehead atoms. The smallest absolute Gasteiger partial charge is 0.256 e. The van der Waals surface area contributed by atoms with Crippen LogP contribution in [0.2, 0.25) is 5.02 Å². The number of fused-ring (bicyclic) bond motifs is 1. The number of benzene rings is 3. The number of rotatable bonds is 3. The molecule has 27 heavy (non-hydrogen) atoms. The zero-order chi connectivity index (χ0) is 18.8. The van der Waals surface area contributed by atoms with Crippen LogP contribution in [-0.2, 0) is 0 Å². The minimum Gasteiger partial charge on any atom is -0.322 e. The summed E-state index contributed by atoms with van der Waals surface area (Å²) in [5.74, 6) is -0.210. The fourth-order valence-electron chi connectivity index (χ4n) is 3.04. The number of nitrogens with zero attached hydrogens (tertiary/aromatic N) is 2. The molecule has 1 amide bonds. The van der Waals surface area contributed by atoms with Gasteiger partial charge < -0.3 is 5.32 Å². The molecule has 0 unspecified atom stereocenters. The molecule has 1 N–H and O–H groups in total. The Labute approximate surface area is 161 Å². The van der Waals surface area contributed by atoms with Gasteiger partial charge in [0.1, 0.15) is 6.33 Å². The maximum absolute atomic E-state index is 13.0. The average Bonchev–Trinajstić information content (AvgIpc) is 2.71. The topological polar surface area (TPSA) is 54.9 Å². The molecule has 4 nitrogen and oxygen atoms in total. The predicted molar refractivity (Wildman–Crippen MR) is 109 cm³/mol. The van der Waals surface area contributed by atoms with Crippen LogP contribution in [0.1, 0.15) is 15.9 Å². The first kappa shape index (κ1) is 17.2. The van der Waals surface area contributed by atoms with Crippen LogP contribution in [0.25, 0.3) is 22.2 Å². The van der Waals surface area contributed by atoms with Crippen molar-refractivity contribution >= 4 is 34.1 Å². The van der Waals surface area contributed by atoms with Crippen LogP contribution >= 0.6 is 11.6 Å². The van der Waals surface area contributed by atoms with Crippen molar-refractivity contribution in [2.75, 3.05) is 5.32 Å². The standard InChI is InChI=1S/C22H16ClN3O/c1-14-18(23)10-6-12-19(14)26-22(27)16-8-3-2-7-15(16)21-17-9-4-5-11-20(17)24-13-25-21/h2-13H,1H3,(H,26,27). The molecule has 0 aliphatic carbocycles. The van der Waals surface area contributed by atoms with Crippen LogP contribution in [0, 0.1) is 6.92 Å². The van der Waals surface area contributed by atoms with Crippen molar-refractivity contribution in [3.63, 3.8) is 0 Å². The third-order valence-corrected chi connectivity index (χ3v) is 4.89. The van der Waals surface area contributed by atoms with E-state index >= 15 is 0 Å². The zero-order valence-corrected chi connectivity index (χ0v) is 15.4. The molecule has 0 radical (unpaired) electrons. The lowest BCUT2D eigenvalue weighted by molar-refractivity contribution is 0.102. The molecule has 3 aromatic carbocycles. The second-order valence-electron chi connectivity index (χ2n) is 6.15. The number of nitrogens with one attached hydrogen (secondary N) is 1. The largest absolute Gasteiger partial charge is 0.322 e. The summed E-state index contributed by atoms with van der Waals surface area (Å²) in [6, 6.07) is 20.6. The first-order valence-corrected chi connectivity index (χ1v) is 8.88. The molecule has 132 valence electrons. The summed E-state index contributed by atoms with van der Waals surface area (Å²) in [4.78, 5) is 21.8. The van der Waals surface area contributed by atoms with Gasteiger partial charge in [-0.05, 0) is 36.8 Å². The molecule has 4 rings (SSSR count). The van der Waals surface area contributed by atoms with E-state index in [9.17, 15) is 4.79 Å². The van der Waals surface area contributed by atoms with Gasteiger partial charge in [0, 0.05) is 27.2 Å². The van der Waals surface area contributed by atoms with Crippen molar-refractivity contribution in [3.05, 3.63) is 89.2 Å². The van der Waals surface area contributed by atoms with E-state index in [1.165, 1.54) is 6.33 Å². The molecule has 0 saturated carbocycles. The SMILES string of the molecule is Cc1c(Cl)cccc1NC(=O)c1ccccc1-c1ncnc2ccccc12. The Morgan fingerprint density at radius 1 is 0.926 bits per heavy atom. The van der Waals surface area contributed by atoms with Gasteiger partial charge in [0.25, 0.3) is 5.91 Å². The Bertz CT molecular complexity index is 1150. The Hall–Kier alpha value is -3.24. The second kappa shape index (κ2) is 7.17. The molecule has 0 saturated heterocycles. The van der Waals surface area contributed by atoms with Crippen LogP contribution in [0.5, 0.6) is 0 Å². The van der Waals surface area contributed by atoms with Crippen LogP contribution in [-0.4, -0.2) is 15.9 Å². The zero-order valence-electron chi connectivity index (χ0n) is 14.6. The molecule has 4 aromatic rings. The van der Waals surface area contributed by atoms with Gasteiger partial charge in [0.05, 0.1) is 11.2 Å². The highest BCUT2D eigenvalue weighted by Gasteiger charge is 2.16. The minimum atomic E-state index is -0.210. The summed E-state index contributed by atoms with van der Waals surface area (Å²) in [6.45, 7) is 1.88. The lowest BCUT2D eigenvalue weighted by Crippen LogP contribution is -2.14. The first-order chi connectivity index (χ1) is 13.1. The molecule has 5 heteroatoms. The highest BCUT2D eigenvalue weighted by atomic mass is 35.5. The van der Waals surface area contributed by atoms with E-state index in [-0.39, 0.29) is 5.91 Å². The third kappa shape index (κ3) is 3.27. The van der Waals surface area contributed by atoms with E-state index in [1.54, 1.807) is 12.1 Å². The van der Waals surface area contributed by atoms with Crippen LogP contribution in [0.15, 0.2) is 73.1 Å². The number of aromatic nitrogens is 2. The summed E-state index contributed by atoms with van der Waals surface area (Å²) in [7, 11) is 0. The Balaban J connectivity index is 1.79. The number of hydrogen-bond acceptors (Lipinski definition) is 3. The molecule has 0 aliphatic rings. The highest BCUT2D eigenvalue weighted by molar-refractivity contribution is 6.31. The number of carbonyl (C=O) groups is 1. The van der Waals surface area contributed by atoms with Gasteiger partial charge in [0.15, 0.2) is 0 Å².